The number of hydrogen-bond acceptors (Lipinski definition) is 5. The van der Waals surface area contributed by atoms with Crippen LogP contribution >= 0.6 is 0 Å². The third-order valence-electron chi connectivity index (χ3n) is 8.36. The quantitative estimate of drug-likeness (QED) is 0.223. The minimum Gasteiger partial charge on any atom is -0.454 e. The topological polar surface area (TPSA) is 62.8 Å². The second-order valence-electron chi connectivity index (χ2n) is 10.9. The first-order chi connectivity index (χ1) is 21.3. The van der Waals surface area contributed by atoms with Gasteiger partial charge in [-0.1, -0.05) is 103 Å². The highest BCUT2D eigenvalue weighted by Gasteiger charge is 2.25. The number of furan rings is 1. The minimum atomic E-state index is -0.323. The molecule has 0 spiro atoms. The highest BCUT2D eigenvalue weighted by Crippen LogP contribution is 2.36. The lowest BCUT2D eigenvalue weighted by molar-refractivity contribution is 0.667. The molecule has 1 N–H and O–H groups in total. The molecule has 0 radical (unpaired) electrons. The van der Waals surface area contributed by atoms with E-state index in [0.29, 0.717) is 5.84 Å². The molecule has 8 aromatic rings. The van der Waals surface area contributed by atoms with E-state index in [1.807, 2.05) is 42.5 Å². The van der Waals surface area contributed by atoms with Crippen LogP contribution in [0.1, 0.15) is 22.9 Å². The molecule has 2 aromatic heterocycles. The summed E-state index contributed by atoms with van der Waals surface area (Å²) in [6.07, 6.45) is 1.48. The molecular weight excluding hydrogens is 528 g/mol. The van der Waals surface area contributed by atoms with Crippen molar-refractivity contribution in [2.45, 2.75) is 6.17 Å². The maximum absolute atomic E-state index is 6.17. The Morgan fingerprint density at radius 1 is 0.581 bits per heavy atom. The summed E-state index contributed by atoms with van der Waals surface area (Å²) < 4.78 is 6.17. The lowest BCUT2D eigenvalue weighted by atomic mass is 9.93. The smallest absolute Gasteiger partial charge is 0.160 e. The van der Waals surface area contributed by atoms with Gasteiger partial charge >= 0.3 is 0 Å². The molecule has 9 rings (SSSR count). The molecule has 0 aliphatic carbocycles. The second-order valence-corrected chi connectivity index (χ2v) is 10.9. The lowest BCUT2D eigenvalue weighted by Crippen LogP contribution is -2.33. The fourth-order valence-corrected chi connectivity index (χ4v) is 6.41. The molecule has 0 saturated heterocycles. The number of aliphatic imine (C=N–C) groups is 2. The zero-order valence-electron chi connectivity index (χ0n) is 23.0. The predicted octanol–water partition coefficient (Wildman–Crippen LogP) is 8.94. The first kappa shape index (κ1) is 23.9. The summed E-state index contributed by atoms with van der Waals surface area (Å²) >= 11 is 0. The fourth-order valence-electron chi connectivity index (χ4n) is 6.41. The Balaban J connectivity index is 1.33. The summed E-state index contributed by atoms with van der Waals surface area (Å²) in [5.41, 5.74) is 5.34. The van der Waals surface area contributed by atoms with Crippen LogP contribution in [0.4, 0.5) is 0 Å². The number of pyridine rings is 1. The van der Waals surface area contributed by atoms with Gasteiger partial charge in [-0.25, -0.2) is 9.98 Å². The van der Waals surface area contributed by atoms with Crippen LogP contribution in [0.3, 0.4) is 0 Å². The average molecular weight is 553 g/mol. The molecule has 43 heavy (non-hydrogen) atoms. The van der Waals surface area contributed by atoms with Gasteiger partial charge in [-0.15, -0.1) is 0 Å². The molecule has 1 unspecified atom stereocenters. The first-order valence-electron chi connectivity index (χ1n) is 14.4. The average Bonchev–Trinajstić information content (AvgIpc) is 3.47. The Labute approximate surface area is 246 Å². The van der Waals surface area contributed by atoms with Crippen molar-refractivity contribution >= 4 is 66.1 Å². The van der Waals surface area contributed by atoms with Crippen LogP contribution in [-0.4, -0.2) is 16.7 Å². The number of fused-ring (bicyclic) bond motifs is 8. The van der Waals surface area contributed by atoms with Crippen LogP contribution in [0.15, 0.2) is 148 Å². The van der Waals surface area contributed by atoms with Crippen LogP contribution in [0.5, 0.6) is 0 Å². The molecule has 0 saturated carbocycles. The van der Waals surface area contributed by atoms with Gasteiger partial charge in [-0.2, -0.15) is 0 Å². The van der Waals surface area contributed by atoms with E-state index < -0.39 is 0 Å². The normalized spacial score (nSPS) is 15.2. The lowest BCUT2D eigenvalue weighted by Gasteiger charge is -2.24. The Kier molecular flexibility index (Phi) is 5.19. The SMILES string of the molecule is c1ccc(C2N=C(c3cc4ccc5ccccc5c4c4ccccc34)N=C(c3cccc4oc5cccnc5c34)N2)cc1. The van der Waals surface area contributed by atoms with Crippen LogP contribution < -0.4 is 5.32 Å². The van der Waals surface area contributed by atoms with Gasteiger partial charge in [0.2, 0.25) is 0 Å². The second kappa shape index (κ2) is 9.36. The maximum atomic E-state index is 6.17. The molecule has 1 atom stereocenters. The number of nitrogens with one attached hydrogen (secondary N) is 1. The maximum Gasteiger partial charge on any atom is 0.160 e. The van der Waals surface area contributed by atoms with E-state index >= 15 is 0 Å². The zero-order chi connectivity index (χ0) is 28.3. The van der Waals surface area contributed by atoms with E-state index in [1.54, 1.807) is 6.20 Å². The summed E-state index contributed by atoms with van der Waals surface area (Å²) in [4.78, 5) is 15.1. The van der Waals surface area contributed by atoms with Gasteiger partial charge in [0.1, 0.15) is 23.1 Å². The zero-order valence-corrected chi connectivity index (χ0v) is 23.0. The van der Waals surface area contributed by atoms with Crippen molar-refractivity contribution in [1.82, 2.24) is 10.3 Å². The highest BCUT2D eigenvalue weighted by atomic mass is 16.3. The molecular formula is C38H24N4O. The monoisotopic (exact) mass is 552 g/mol. The highest BCUT2D eigenvalue weighted by molar-refractivity contribution is 6.27. The first-order valence-corrected chi connectivity index (χ1v) is 14.4. The largest absolute Gasteiger partial charge is 0.454 e. The standard InChI is InChI=1S/C38H24N4O/c1-2-11-24(12-3-1)36-40-37(29-16-8-17-31-34(29)35-32(43-31)18-9-21-39-35)42-38(41-36)30-22-25-20-19-23-10-4-5-13-26(23)33(25)28-15-7-6-14-27(28)30/h1-22,36H,(H,40,41,42). The molecule has 6 aromatic carbocycles. The van der Waals surface area contributed by atoms with Gasteiger partial charge in [0.25, 0.3) is 0 Å². The predicted molar refractivity (Wildman–Crippen MR) is 176 cm³/mol. The third-order valence-corrected chi connectivity index (χ3v) is 8.36. The van der Waals surface area contributed by atoms with E-state index in [-0.39, 0.29) is 6.17 Å². The molecule has 202 valence electrons. The van der Waals surface area contributed by atoms with E-state index in [4.69, 9.17) is 14.4 Å². The molecule has 3 heterocycles. The Morgan fingerprint density at radius 3 is 2.26 bits per heavy atom. The molecule has 1 aliphatic heterocycles. The number of aromatic nitrogens is 1. The number of hydrogen-bond donors (Lipinski definition) is 1. The van der Waals surface area contributed by atoms with Gasteiger partial charge in [0.15, 0.2) is 11.4 Å². The third kappa shape index (κ3) is 3.75. The summed E-state index contributed by atoms with van der Waals surface area (Å²) in [5, 5.41) is 11.8. The van der Waals surface area contributed by atoms with Crippen LogP contribution in [0, 0.1) is 0 Å². The summed E-state index contributed by atoms with van der Waals surface area (Å²) in [6, 6.07) is 44.0. The van der Waals surface area contributed by atoms with Gasteiger partial charge in [0, 0.05) is 17.3 Å². The number of nitrogens with zero attached hydrogens (tertiary/aromatic N) is 3. The molecule has 1 aliphatic rings. The Bertz CT molecular complexity index is 2440. The fraction of sp³-hybridized carbons (Fsp3) is 0.0263. The molecule has 5 nitrogen and oxygen atoms in total. The van der Waals surface area contributed by atoms with Gasteiger partial charge in [-0.05, 0) is 62.1 Å². The van der Waals surface area contributed by atoms with Crippen LogP contribution in [0.25, 0.3) is 54.4 Å². The van der Waals surface area contributed by atoms with Gasteiger partial charge in [0.05, 0.1) is 5.39 Å². The van der Waals surface area contributed by atoms with E-state index in [0.717, 1.165) is 55.4 Å². The van der Waals surface area contributed by atoms with Gasteiger partial charge in [-0.3, -0.25) is 4.98 Å². The van der Waals surface area contributed by atoms with Crippen LogP contribution in [-0.2, 0) is 0 Å². The van der Waals surface area contributed by atoms with Gasteiger partial charge < -0.3 is 9.73 Å². The molecule has 0 amide bonds. The number of amidine groups is 2. The summed E-state index contributed by atoms with van der Waals surface area (Å²) in [6.45, 7) is 0. The molecule has 0 bridgehead atoms. The Morgan fingerprint density at radius 2 is 1.35 bits per heavy atom. The minimum absolute atomic E-state index is 0.323. The van der Waals surface area contributed by atoms with Crippen molar-refractivity contribution in [3.05, 3.63) is 150 Å². The van der Waals surface area contributed by atoms with Crippen molar-refractivity contribution < 1.29 is 4.42 Å². The summed E-state index contributed by atoms with van der Waals surface area (Å²) in [7, 11) is 0. The molecule has 0 fully saturated rings. The van der Waals surface area contributed by atoms with Crippen molar-refractivity contribution in [3.63, 3.8) is 0 Å². The van der Waals surface area contributed by atoms with E-state index in [2.05, 4.69) is 95.2 Å². The van der Waals surface area contributed by atoms with Crippen molar-refractivity contribution in [2.75, 3.05) is 0 Å². The summed E-state index contributed by atoms with van der Waals surface area (Å²) in [5.74, 6) is 1.42. The van der Waals surface area contributed by atoms with E-state index in [9.17, 15) is 0 Å². The van der Waals surface area contributed by atoms with Crippen LogP contribution in [0.2, 0.25) is 0 Å². The van der Waals surface area contributed by atoms with Crippen molar-refractivity contribution in [2.24, 2.45) is 9.98 Å². The van der Waals surface area contributed by atoms with Crippen molar-refractivity contribution in [3.8, 4) is 0 Å². The number of benzene rings is 6. The van der Waals surface area contributed by atoms with Crippen molar-refractivity contribution in [1.29, 1.82) is 0 Å². The number of rotatable bonds is 3. The Hall–Kier alpha value is -5.81. The molecule has 5 heteroatoms. The van der Waals surface area contributed by atoms with E-state index in [1.165, 1.54) is 21.5 Å².